The Morgan fingerprint density at radius 1 is 1.46 bits per heavy atom. The van der Waals surface area contributed by atoms with Gasteiger partial charge in [-0.2, -0.15) is 11.8 Å². The molecule has 0 spiro atoms. The summed E-state index contributed by atoms with van der Waals surface area (Å²) in [6.07, 6.45) is 0.986. The normalized spacial score (nSPS) is 22.9. The van der Waals surface area contributed by atoms with Crippen molar-refractivity contribution < 1.29 is 13.5 Å². The van der Waals surface area contributed by atoms with Crippen molar-refractivity contribution in [2.75, 3.05) is 17.3 Å². The summed E-state index contributed by atoms with van der Waals surface area (Å²) in [5, 5.41) is 9.54. The molecule has 6 heteroatoms. The minimum absolute atomic E-state index is 0.106. The maximum absolute atomic E-state index is 10.7. The summed E-state index contributed by atoms with van der Waals surface area (Å²) < 4.78 is 21.4. The quantitative estimate of drug-likeness (QED) is 0.755. The zero-order chi connectivity index (χ0) is 9.90. The van der Waals surface area contributed by atoms with Gasteiger partial charge in [-0.1, -0.05) is 0 Å². The number of halogens is 1. The van der Waals surface area contributed by atoms with Gasteiger partial charge in [0.2, 0.25) is 9.05 Å². The summed E-state index contributed by atoms with van der Waals surface area (Å²) in [5.41, 5.74) is 0. The van der Waals surface area contributed by atoms with Crippen molar-refractivity contribution in [1.29, 1.82) is 0 Å². The third-order valence-corrected chi connectivity index (χ3v) is 4.35. The molecule has 1 unspecified atom stereocenters. The molecule has 1 saturated heterocycles. The smallest absolute Gasteiger partial charge is 0.235 e. The molecule has 0 aromatic heterocycles. The molecule has 1 aliphatic heterocycles. The van der Waals surface area contributed by atoms with Crippen LogP contribution in [0.3, 0.4) is 0 Å². The van der Waals surface area contributed by atoms with Crippen LogP contribution in [-0.4, -0.2) is 36.9 Å². The van der Waals surface area contributed by atoms with E-state index in [1.54, 1.807) is 0 Å². The van der Waals surface area contributed by atoms with Crippen LogP contribution in [0, 0.1) is 5.92 Å². The van der Waals surface area contributed by atoms with Gasteiger partial charge in [0.05, 0.1) is 11.9 Å². The molecule has 1 heterocycles. The zero-order valence-corrected chi connectivity index (χ0v) is 9.54. The van der Waals surface area contributed by atoms with Crippen LogP contribution in [0.2, 0.25) is 0 Å². The van der Waals surface area contributed by atoms with E-state index in [0.717, 1.165) is 24.3 Å². The van der Waals surface area contributed by atoms with Crippen LogP contribution in [0.4, 0.5) is 0 Å². The number of thioether (sulfide) groups is 1. The first-order chi connectivity index (χ1) is 5.99. The fourth-order valence-electron chi connectivity index (χ4n) is 1.44. The largest absolute Gasteiger partial charge is 0.392 e. The minimum Gasteiger partial charge on any atom is -0.392 e. The van der Waals surface area contributed by atoms with E-state index in [4.69, 9.17) is 10.7 Å². The van der Waals surface area contributed by atoms with Crippen molar-refractivity contribution in [3.63, 3.8) is 0 Å². The van der Waals surface area contributed by atoms with Crippen molar-refractivity contribution in [3.8, 4) is 0 Å². The second-order valence-electron chi connectivity index (χ2n) is 3.22. The van der Waals surface area contributed by atoms with Crippen molar-refractivity contribution in [3.05, 3.63) is 0 Å². The highest BCUT2D eigenvalue weighted by Crippen LogP contribution is 2.26. The standard InChI is InChI=1S/C7H13ClO3S2/c8-13(10,11)5-7(9)6-1-3-12-4-2-6/h6-7,9H,1-5H2. The maximum atomic E-state index is 10.7. The molecule has 0 aliphatic carbocycles. The molecule has 1 N–H and O–H groups in total. The van der Waals surface area contributed by atoms with Crippen LogP contribution >= 0.6 is 22.4 Å². The van der Waals surface area contributed by atoms with Crippen LogP contribution in [0.15, 0.2) is 0 Å². The number of rotatable bonds is 3. The van der Waals surface area contributed by atoms with Crippen LogP contribution in [0.1, 0.15) is 12.8 Å². The van der Waals surface area contributed by atoms with Crippen LogP contribution in [-0.2, 0) is 9.05 Å². The van der Waals surface area contributed by atoms with Gasteiger partial charge < -0.3 is 5.11 Å². The molecule has 1 aliphatic rings. The van der Waals surface area contributed by atoms with E-state index in [0.29, 0.717) is 0 Å². The van der Waals surface area contributed by atoms with Crippen molar-refractivity contribution in [2.24, 2.45) is 5.92 Å². The Morgan fingerprint density at radius 2 is 2.00 bits per heavy atom. The fourth-order valence-corrected chi connectivity index (χ4v) is 3.65. The topological polar surface area (TPSA) is 54.4 Å². The van der Waals surface area contributed by atoms with Crippen LogP contribution < -0.4 is 0 Å². The predicted octanol–water partition coefficient (Wildman–Crippen LogP) is 1.06. The number of hydrogen-bond donors (Lipinski definition) is 1. The molecule has 0 radical (unpaired) electrons. The minimum atomic E-state index is -3.56. The molecule has 13 heavy (non-hydrogen) atoms. The number of hydrogen-bond acceptors (Lipinski definition) is 4. The van der Waals surface area contributed by atoms with Gasteiger partial charge in [0.1, 0.15) is 0 Å². The lowest BCUT2D eigenvalue weighted by atomic mass is 9.97. The second kappa shape index (κ2) is 4.87. The van der Waals surface area contributed by atoms with Gasteiger partial charge in [-0.25, -0.2) is 8.42 Å². The van der Waals surface area contributed by atoms with E-state index in [9.17, 15) is 13.5 Å². The van der Waals surface area contributed by atoms with E-state index in [1.807, 2.05) is 11.8 Å². The summed E-state index contributed by atoms with van der Waals surface area (Å²) in [7, 11) is 1.50. The lowest BCUT2D eigenvalue weighted by Crippen LogP contribution is -2.29. The van der Waals surface area contributed by atoms with Crippen molar-refractivity contribution >= 4 is 31.5 Å². The molecule has 0 amide bonds. The molecule has 1 atom stereocenters. The van der Waals surface area contributed by atoms with Crippen molar-refractivity contribution in [2.45, 2.75) is 18.9 Å². The fraction of sp³-hybridized carbons (Fsp3) is 1.00. The Hall–Kier alpha value is 0.550. The highest BCUT2D eigenvalue weighted by Gasteiger charge is 2.25. The first-order valence-electron chi connectivity index (χ1n) is 4.17. The molecular formula is C7H13ClO3S2. The summed E-state index contributed by atoms with van der Waals surface area (Å²) in [6, 6.07) is 0. The number of aliphatic hydroxyl groups is 1. The first-order valence-corrected chi connectivity index (χ1v) is 7.80. The summed E-state index contributed by atoms with van der Waals surface area (Å²) >= 11 is 1.84. The van der Waals surface area contributed by atoms with Gasteiger partial charge in [-0.3, -0.25) is 0 Å². The van der Waals surface area contributed by atoms with Gasteiger partial charge in [-0.05, 0) is 30.3 Å². The Labute approximate surface area is 87.3 Å². The molecule has 1 rings (SSSR count). The molecule has 78 valence electrons. The maximum Gasteiger partial charge on any atom is 0.235 e. The van der Waals surface area contributed by atoms with Gasteiger partial charge in [0.25, 0.3) is 0 Å². The van der Waals surface area contributed by atoms with E-state index in [-0.39, 0.29) is 11.7 Å². The molecule has 0 aromatic rings. The number of aliphatic hydroxyl groups excluding tert-OH is 1. The summed E-state index contributed by atoms with van der Waals surface area (Å²) in [6.45, 7) is 0. The van der Waals surface area contributed by atoms with Gasteiger partial charge in [0.15, 0.2) is 0 Å². The first kappa shape index (κ1) is 11.6. The van der Waals surface area contributed by atoms with E-state index < -0.39 is 15.2 Å². The Morgan fingerprint density at radius 3 is 2.46 bits per heavy atom. The van der Waals surface area contributed by atoms with Crippen LogP contribution in [0.5, 0.6) is 0 Å². The Balaban J connectivity index is 2.42. The zero-order valence-electron chi connectivity index (χ0n) is 7.15. The average molecular weight is 245 g/mol. The lowest BCUT2D eigenvalue weighted by Gasteiger charge is -2.25. The van der Waals surface area contributed by atoms with E-state index >= 15 is 0 Å². The highest BCUT2D eigenvalue weighted by atomic mass is 35.7. The van der Waals surface area contributed by atoms with Gasteiger partial charge in [-0.15, -0.1) is 0 Å². The van der Waals surface area contributed by atoms with E-state index in [2.05, 4.69) is 0 Å². The average Bonchev–Trinajstić information content (AvgIpc) is 2.03. The molecule has 0 saturated carbocycles. The molecule has 3 nitrogen and oxygen atoms in total. The second-order valence-corrected chi connectivity index (χ2v) is 7.27. The van der Waals surface area contributed by atoms with Crippen LogP contribution in [0.25, 0.3) is 0 Å². The summed E-state index contributed by atoms with van der Waals surface area (Å²) in [4.78, 5) is 0. The highest BCUT2D eigenvalue weighted by molar-refractivity contribution is 8.13. The summed E-state index contributed by atoms with van der Waals surface area (Å²) in [5.74, 6) is 1.80. The predicted molar refractivity (Wildman–Crippen MR) is 55.7 cm³/mol. The SMILES string of the molecule is O=S(=O)(Cl)CC(O)C1CCSCC1. The monoisotopic (exact) mass is 244 g/mol. The van der Waals surface area contributed by atoms with Gasteiger partial charge in [0, 0.05) is 10.7 Å². The lowest BCUT2D eigenvalue weighted by molar-refractivity contribution is 0.123. The van der Waals surface area contributed by atoms with Gasteiger partial charge >= 0.3 is 0 Å². The molecule has 1 fully saturated rings. The third kappa shape index (κ3) is 4.54. The Kier molecular flexibility index (Phi) is 4.35. The third-order valence-electron chi connectivity index (χ3n) is 2.18. The van der Waals surface area contributed by atoms with Crippen molar-refractivity contribution in [1.82, 2.24) is 0 Å². The molecular weight excluding hydrogens is 232 g/mol. The molecule has 0 bridgehead atoms. The van der Waals surface area contributed by atoms with E-state index in [1.165, 1.54) is 0 Å². The molecule has 0 aromatic carbocycles. The Bertz CT molecular complexity index is 246.